The maximum Gasteiger partial charge on any atom is 0.255 e. The number of amides is 2. The molecule has 0 saturated carbocycles. The average Bonchev–Trinajstić information content (AvgIpc) is 2.72. The second-order valence-electron chi connectivity index (χ2n) is 6.44. The zero-order valence-corrected chi connectivity index (χ0v) is 17.5. The van der Waals surface area contributed by atoms with Gasteiger partial charge in [0.25, 0.3) is 5.91 Å². The molecule has 6 heteroatoms. The van der Waals surface area contributed by atoms with E-state index < -0.39 is 0 Å². The molecule has 0 unspecified atom stereocenters. The lowest BCUT2D eigenvalue weighted by atomic mass is 10.1. The zero-order valence-electron chi connectivity index (χ0n) is 16.7. The highest BCUT2D eigenvalue weighted by Crippen LogP contribution is 2.15. The van der Waals surface area contributed by atoms with Gasteiger partial charge in [-0.3, -0.25) is 14.5 Å². The fourth-order valence-electron chi connectivity index (χ4n) is 2.98. The van der Waals surface area contributed by atoms with Crippen molar-refractivity contribution in [1.29, 1.82) is 0 Å². The van der Waals surface area contributed by atoms with Crippen molar-refractivity contribution >= 4 is 29.1 Å². The third kappa shape index (κ3) is 6.36. The van der Waals surface area contributed by atoms with Crippen molar-refractivity contribution < 1.29 is 9.59 Å². The highest BCUT2D eigenvalue weighted by atomic mass is 35.5. The minimum absolute atomic E-state index is 0.144. The summed E-state index contributed by atoms with van der Waals surface area (Å²) in [6.45, 7) is 9.79. The minimum atomic E-state index is -0.158. The number of carbonyl (C=O) groups is 2. The van der Waals surface area contributed by atoms with Crippen molar-refractivity contribution in [3.8, 4) is 0 Å². The zero-order chi connectivity index (χ0) is 20.5. The van der Waals surface area contributed by atoms with Crippen molar-refractivity contribution in [2.45, 2.75) is 27.3 Å². The molecule has 2 amide bonds. The maximum atomic E-state index is 12.2. The lowest BCUT2D eigenvalue weighted by Gasteiger charge is -2.34. The van der Waals surface area contributed by atoms with Crippen molar-refractivity contribution in [3.05, 3.63) is 64.7 Å². The lowest BCUT2D eigenvalue weighted by molar-refractivity contribution is -0.130. The Labute approximate surface area is 172 Å². The van der Waals surface area contributed by atoms with E-state index >= 15 is 0 Å². The number of benzene rings is 2. The average molecular weight is 402 g/mol. The van der Waals surface area contributed by atoms with Gasteiger partial charge in [-0.05, 0) is 42.0 Å². The maximum absolute atomic E-state index is 12.2. The van der Waals surface area contributed by atoms with Gasteiger partial charge in [-0.15, -0.1) is 0 Å². The first-order chi connectivity index (χ1) is 13.5. The summed E-state index contributed by atoms with van der Waals surface area (Å²) in [7, 11) is 0. The van der Waals surface area contributed by atoms with Crippen molar-refractivity contribution in [3.63, 3.8) is 0 Å². The number of rotatable bonds is 4. The standard InChI is InChI=1S/C20H22ClN3O2.C2H6/c1-15(25)24-12-10-23(11-13-24)14-16-2-8-19(9-3-16)22-20(26)17-4-6-18(21)7-5-17;1-2/h2-9H,10-14H2,1H3,(H,22,26);1-2H3. The molecular formula is C22H28ClN3O2. The number of anilines is 1. The summed E-state index contributed by atoms with van der Waals surface area (Å²) < 4.78 is 0. The number of halogens is 1. The first-order valence-corrected chi connectivity index (χ1v) is 10.0. The van der Waals surface area contributed by atoms with E-state index in [2.05, 4.69) is 10.2 Å². The van der Waals surface area contributed by atoms with Crippen LogP contribution in [0, 0.1) is 0 Å². The van der Waals surface area contributed by atoms with Gasteiger partial charge in [-0.2, -0.15) is 0 Å². The number of carbonyl (C=O) groups excluding carboxylic acids is 2. The van der Waals surface area contributed by atoms with Gasteiger partial charge in [-0.25, -0.2) is 0 Å². The predicted molar refractivity (Wildman–Crippen MR) is 115 cm³/mol. The van der Waals surface area contributed by atoms with Gasteiger partial charge in [0.15, 0.2) is 0 Å². The largest absolute Gasteiger partial charge is 0.340 e. The van der Waals surface area contributed by atoms with Crippen molar-refractivity contribution in [2.75, 3.05) is 31.5 Å². The summed E-state index contributed by atoms with van der Waals surface area (Å²) in [5.74, 6) is -0.0137. The number of nitrogens with one attached hydrogen (secondary N) is 1. The molecule has 0 aliphatic carbocycles. The molecule has 1 fully saturated rings. The predicted octanol–water partition coefficient (Wildman–Crippen LogP) is 4.28. The van der Waals surface area contributed by atoms with Crippen molar-refractivity contribution in [1.82, 2.24) is 9.80 Å². The molecular weight excluding hydrogens is 374 g/mol. The van der Waals surface area contributed by atoms with Gasteiger partial charge in [0, 0.05) is 55.9 Å². The minimum Gasteiger partial charge on any atom is -0.340 e. The summed E-state index contributed by atoms with van der Waals surface area (Å²) in [5, 5.41) is 3.49. The molecule has 3 rings (SSSR count). The number of piperazine rings is 1. The third-order valence-electron chi connectivity index (χ3n) is 4.54. The number of hydrogen-bond acceptors (Lipinski definition) is 3. The monoisotopic (exact) mass is 401 g/mol. The molecule has 1 N–H and O–H groups in total. The molecule has 0 atom stereocenters. The molecule has 5 nitrogen and oxygen atoms in total. The van der Waals surface area contributed by atoms with E-state index in [0.29, 0.717) is 10.6 Å². The van der Waals surface area contributed by atoms with Gasteiger partial charge in [0.05, 0.1) is 0 Å². The van der Waals surface area contributed by atoms with Crippen LogP contribution in [0.3, 0.4) is 0 Å². The molecule has 0 bridgehead atoms. The molecule has 0 radical (unpaired) electrons. The van der Waals surface area contributed by atoms with Crippen LogP contribution in [0.4, 0.5) is 5.69 Å². The molecule has 28 heavy (non-hydrogen) atoms. The Balaban J connectivity index is 0.00000136. The van der Waals surface area contributed by atoms with E-state index in [9.17, 15) is 9.59 Å². The Morgan fingerprint density at radius 1 is 0.929 bits per heavy atom. The first kappa shape index (κ1) is 21.9. The topological polar surface area (TPSA) is 52.7 Å². The number of nitrogens with zero attached hydrogens (tertiary/aromatic N) is 2. The van der Waals surface area contributed by atoms with E-state index in [0.717, 1.165) is 38.4 Å². The van der Waals surface area contributed by atoms with E-state index in [-0.39, 0.29) is 11.8 Å². The molecule has 2 aromatic rings. The van der Waals surface area contributed by atoms with E-state index in [1.165, 1.54) is 5.56 Å². The summed E-state index contributed by atoms with van der Waals surface area (Å²) in [5.41, 5.74) is 2.52. The van der Waals surface area contributed by atoms with Crippen LogP contribution < -0.4 is 5.32 Å². The highest BCUT2D eigenvalue weighted by molar-refractivity contribution is 6.30. The van der Waals surface area contributed by atoms with Crippen LogP contribution in [-0.2, 0) is 11.3 Å². The van der Waals surface area contributed by atoms with Crippen LogP contribution in [0.1, 0.15) is 36.7 Å². The van der Waals surface area contributed by atoms with Crippen LogP contribution in [0.25, 0.3) is 0 Å². The van der Waals surface area contributed by atoms with Crippen LogP contribution >= 0.6 is 11.6 Å². The van der Waals surface area contributed by atoms with Crippen LogP contribution in [0.2, 0.25) is 5.02 Å². The van der Waals surface area contributed by atoms with Gasteiger partial charge >= 0.3 is 0 Å². The van der Waals surface area contributed by atoms with E-state index in [1.54, 1.807) is 31.2 Å². The molecule has 0 aromatic heterocycles. The summed E-state index contributed by atoms with van der Waals surface area (Å²) >= 11 is 5.84. The van der Waals surface area contributed by atoms with E-state index in [4.69, 9.17) is 11.6 Å². The van der Waals surface area contributed by atoms with Gasteiger partial charge in [0.1, 0.15) is 0 Å². The molecule has 150 valence electrons. The normalized spacial score (nSPS) is 14.1. The Kier molecular flexibility index (Phi) is 8.48. The lowest BCUT2D eigenvalue weighted by Crippen LogP contribution is -2.47. The Bertz CT molecular complexity index is 767. The van der Waals surface area contributed by atoms with E-state index in [1.807, 2.05) is 43.0 Å². The summed E-state index contributed by atoms with van der Waals surface area (Å²) in [6.07, 6.45) is 0. The van der Waals surface area contributed by atoms with Gasteiger partial charge < -0.3 is 10.2 Å². The molecule has 1 aliphatic rings. The summed E-state index contributed by atoms with van der Waals surface area (Å²) in [6, 6.07) is 14.7. The summed E-state index contributed by atoms with van der Waals surface area (Å²) in [4.78, 5) is 27.8. The smallest absolute Gasteiger partial charge is 0.255 e. The van der Waals surface area contributed by atoms with Crippen LogP contribution in [0.5, 0.6) is 0 Å². The molecule has 0 spiro atoms. The number of hydrogen-bond donors (Lipinski definition) is 1. The third-order valence-corrected chi connectivity index (χ3v) is 4.79. The fraction of sp³-hybridized carbons (Fsp3) is 0.364. The SMILES string of the molecule is CC.CC(=O)N1CCN(Cc2ccc(NC(=O)c3ccc(Cl)cc3)cc2)CC1. The van der Waals surface area contributed by atoms with Gasteiger partial charge in [-0.1, -0.05) is 37.6 Å². The molecule has 1 aliphatic heterocycles. The fourth-order valence-corrected chi connectivity index (χ4v) is 3.10. The van der Waals surface area contributed by atoms with Crippen molar-refractivity contribution in [2.24, 2.45) is 0 Å². The van der Waals surface area contributed by atoms with Gasteiger partial charge in [0.2, 0.25) is 5.91 Å². The first-order valence-electron chi connectivity index (χ1n) is 9.65. The quantitative estimate of drug-likeness (QED) is 0.831. The second-order valence-corrected chi connectivity index (χ2v) is 6.88. The second kappa shape index (κ2) is 10.8. The molecule has 2 aromatic carbocycles. The molecule has 1 heterocycles. The Morgan fingerprint density at radius 2 is 1.50 bits per heavy atom. The highest BCUT2D eigenvalue weighted by Gasteiger charge is 2.18. The molecule has 1 saturated heterocycles. The van der Waals surface area contributed by atoms with Crippen LogP contribution in [-0.4, -0.2) is 47.8 Å². The Hall–Kier alpha value is -2.37. The van der Waals surface area contributed by atoms with Crippen LogP contribution in [0.15, 0.2) is 48.5 Å². The Morgan fingerprint density at radius 3 is 2.04 bits per heavy atom.